The second-order valence-electron chi connectivity index (χ2n) is 5.70. The van der Waals surface area contributed by atoms with Crippen molar-refractivity contribution in [2.75, 3.05) is 24.8 Å². The molecule has 1 aromatic rings. The van der Waals surface area contributed by atoms with Crippen molar-refractivity contribution in [2.24, 2.45) is 0 Å². The molecule has 2 N–H and O–H groups in total. The van der Waals surface area contributed by atoms with Crippen molar-refractivity contribution in [3.05, 3.63) is 57.6 Å². The number of esters is 2. The number of ether oxygens (including phenoxy) is 2. The van der Waals surface area contributed by atoms with Crippen LogP contribution < -0.4 is 10.5 Å². The molecule has 0 radical (unpaired) electrons. The molecule has 0 fully saturated rings. The monoisotopic (exact) mass is 395 g/mol. The van der Waals surface area contributed by atoms with Crippen LogP contribution in [-0.4, -0.2) is 36.7 Å². The number of nitrogens with zero attached hydrogens (tertiary/aromatic N) is 1. The largest absolute Gasteiger partial charge is 0.733 e. The lowest BCUT2D eigenvalue weighted by molar-refractivity contribution is -0.139. The van der Waals surface area contributed by atoms with E-state index in [1.807, 2.05) is 0 Å². The predicted octanol–water partition coefficient (Wildman–Crippen LogP) is 2.57. The number of benzene rings is 1. The normalized spacial score (nSPS) is 16.7. The van der Waals surface area contributed by atoms with Crippen molar-refractivity contribution in [1.82, 2.24) is 5.32 Å². The summed E-state index contributed by atoms with van der Waals surface area (Å²) in [6, 6.07) is 5.93. The van der Waals surface area contributed by atoms with Crippen molar-refractivity contribution in [3.8, 4) is 0 Å². The summed E-state index contributed by atoms with van der Waals surface area (Å²) in [6.45, 7) is 3.45. The van der Waals surface area contributed by atoms with Gasteiger partial charge in [0.05, 0.1) is 42.3 Å². The van der Waals surface area contributed by atoms with Crippen LogP contribution in [0.15, 0.2) is 46.8 Å². The van der Waals surface area contributed by atoms with E-state index < -0.39 is 17.9 Å². The van der Waals surface area contributed by atoms with Crippen molar-refractivity contribution >= 4 is 29.2 Å². The number of alkyl halides is 1. The first-order valence-electron chi connectivity index (χ1n) is 8.13. The first kappa shape index (κ1) is 20.8. The maximum atomic E-state index is 12.7. The minimum absolute atomic E-state index is 0.0240. The Morgan fingerprint density at radius 3 is 2.59 bits per heavy atom. The number of hydrogen-bond donors (Lipinski definition) is 2. The van der Waals surface area contributed by atoms with Gasteiger partial charge in [-0.3, -0.25) is 5.21 Å². The molecule has 9 heteroatoms. The van der Waals surface area contributed by atoms with Crippen molar-refractivity contribution in [3.63, 3.8) is 0 Å². The number of halogens is 1. The van der Waals surface area contributed by atoms with E-state index in [4.69, 9.17) is 21.1 Å². The van der Waals surface area contributed by atoms with Gasteiger partial charge in [-0.1, -0.05) is 12.1 Å². The number of carbonyl (C=O) groups excluding carboxylic acids is 2. The SMILES string of the molecule is CCOC(=O)C1=C(CCl)NC(C)=C(C(=O)OC)[C@H]1c1cccc(N([O-])O)c1. The molecule has 1 aromatic carbocycles. The minimum Gasteiger partial charge on any atom is -0.733 e. The van der Waals surface area contributed by atoms with Gasteiger partial charge in [0.25, 0.3) is 0 Å². The lowest BCUT2D eigenvalue weighted by Gasteiger charge is -2.31. The second kappa shape index (κ2) is 8.90. The fourth-order valence-electron chi connectivity index (χ4n) is 2.99. The van der Waals surface area contributed by atoms with E-state index in [9.17, 15) is 20.0 Å². The van der Waals surface area contributed by atoms with Crippen LogP contribution in [0.2, 0.25) is 0 Å². The molecule has 0 saturated carbocycles. The van der Waals surface area contributed by atoms with Crippen molar-refractivity contribution < 1.29 is 24.3 Å². The Kier molecular flexibility index (Phi) is 6.84. The Labute approximate surface area is 161 Å². The fourth-order valence-corrected chi connectivity index (χ4v) is 3.20. The average molecular weight is 396 g/mol. The third-order valence-corrected chi connectivity index (χ3v) is 4.37. The Hall–Kier alpha value is -2.55. The molecule has 8 nitrogen and oxygen atoms in total. The molecule has 0 aliphatic carbocycles. The van der Waals surface area contributed by atoms with Gasteiger partial charge in [0, 0.05) is 11.4 Å². The quantitative estimate of drug-likeness (QED) is 0.429. The molecule has 146 valence electrons. The second-order valence-corrected chi connectivity index (χ2v) is 5.97. The van der Waals surface area contributed by atoms with Crippen LogP contribution in [0.4, 0.5) is 5.69 Å². The van der Waals surface area contributed by atoms with E-state index in [1.165, 1.54) is 25.3 Å². The molecule has 1 aliphatic rings. The molecule has 0 saturated heterocycles. The van der Waals surface area contributed by atoms with Crippen LogP contribution in [0.25, 0.3) is 0 Å². The first-order valence-corrected chi connectivity index (χ1v) is 8.67. The molecule has 1 aliphatic heterocycles. The molecule has 2 rings (SSSR count). The first-order chi connectivity index (χ1) is 12.8. The number of anilines is 1. The Balaban J connectivity index is 2.73. The fraction of sp³-hybridized carbons (Fsp3) is 0.333. The number of allylic oxidation sites excluding steroid dienone is 2. The summed E-state index contributed by atoms with van der Waals surface area (Å²) in [6.07, 6.45) is 0. The molecule has 1 heterocycles. The van der Waals surface area contributed by atoms with E-state index in [1.54, 1.807) is 19.9 Å². The molecule has 27 heavy (non-hydrogen) atoms. The number of hydrogen-bond acceptors (Lipinski definition) is 8. The summed E-state index contributed by atoms with van der Waals surface area (Å²) in [5.41, 5.74) is 1.55. The lowest BCUT2D eigenvalue weighted by atomic mass is 9.80. The molecular formula is C18H20ClN2O6-. The van der Waals surface area contributed by atoms with E-state index in [0.717, 1.165) is 0 Å². The van der Waals surface area contributed by atoms with Crippen molar-refractivity contribution in [1.29, 1.82) is 0 Å². The van der Waals surface area contributed by atoms with Crippen LogP contribution in [0.5, 0.6) is 0 Å². The third-order valence-electron chi connectivity index (χ3n) is 4.10. The zero-order valence-corrected chi connectivity index (χ0v) is 15.9. The molecule has 0 bridgehead atoms. The zero-order valence-electron chi connectivity index (χ0n) is 15.1. The van der Waals surface area contributed by atoms with Gasteiger partial charge in [0.1, 0.15) is 0 Å². The van der Waals surface area contributed by atoms with Gasteiger partial charge in [-0.2, -0.15) is 0 Å². The topological polar surface area (TPSA) is 111 Å². The molecular weight excluding hydrogens is 376 g/mol. The highest BCUT2D eigenvalue weighted by molar-refractivity contribution is 6.20. The van der Waals surface area contributed by atoms with Crippen LogP contribution >= 0.6 is 11.6 Å². The summed E-state index contributed by atoms with van der Waals surface area (Å²) in [7, 11) is 1.23. The maximum Gasteiger partial charge on any atom is 0.336 e. The number of methoxy groups -OCH3 is 1. The van der Waals surface area contributed by atoms with Gasteiger partial charge in [-0.05, 0) is 31.5 Å². The Bertz CT molecular complexity index is 803. The number of carbonyl (C=O) groups is 2. The lowest BCUT2D eigenvalue weighted by Crippen LogP contribution is -2.33. The molecule has 1 atom stereocenters. The van der Waals surface area contributed by atoms with Gasteiger partial charge in [0.2, 0.25) is 0 Å². The van der Waals surface area contributed by atoms with E-state index in [2.05, 4.69) is 5.32 Å². The number of dihydropyridines is 1. The summed E-state index contributed by atoms with van der Waals surface area (Å²) in [5.74, 6) is -2.20. The van der Waals surface area contributed by atoms with Crippen LogP contribution in [0.3, 0.4) is 0 Å². The molecule has 0 unspecified atom stereocenters. The summed E-state index contributed by atoms with van der Waals surface area (Å²) >= 11 is 6.02. The van der Waals surface area contributed by atoms with Crippen LogP contribution in [0, 0.1) is 5.21 Å². The van der Waals surface area contributed by atoms with Gasteiger partial charge < -0.3 is 25.2 Å². The molecule has 0 spiro atoms. The highest BCUT2D eigenvalue weighted by Gasteiger charge is 2.38. The Morgan fingerprint density at radius 1 is 1.33 bits per heavy atom. The van der Waals surface area contributed by atoms with Crippen molar-refractivity contribution in [2.45, 2.75) is 19.8 Å². The Morgan fingerprint density at radius 2 is 2.04 bits per heavy atom. The molecule has 0 amide bonds. The smallest absolute Gasteiger partial charge is 0.336 e. The predicted molar refractivity (Wildman–Crippen MR) is 99.0 cm³/mol. The average Bonchev–Trinajstić information content (AvgIpc) is 2.66. The van der Waals surface area contributed by atoms with E-state index >= 15 is 0 Å². The highest BCUT2D eigenvalue weighted by Crippen LogP contribution is 2.40. The summed E-state index contributed by atoms with van der Waals surface area (Å²) < 4.78 is 10.0. The number of nitrogens with one attached hydrogen (secondary N) is 1. The third kappa shape index (κ3) is 4.24. The summed E-state index contributed by atoms with van der Waals surface area (Å²) in [5, 5.41) is 23.2. The maximum absolute atomic E-state index is 12.7. The van der Waals surface area contributed by atoms with E-state index in [0.29, 0.717) is 17.0 Å². The van der Waals surface area contributed by atoms with Crippen LogP contribution in [-0.2, 0) is 19.1 Å². The summed E-state index contributed by atoms with van der Waals surface area (Å²) in [4.78, 5) is 25.1. The van der Waals surface area contributed by atoms with Gasteiger partial charge >= 0.3 is 11.9 Å². The van der Waals surface area contributed by atoms with Gasteiger partial charge in [0.15, 0.2) is 0 Å². The zero-order chi connectivity index (χ0) is 20.1. The van der Waals surface area contributed by atoms with E-state index in [-0.39, 0.29) is 34.5 Å². The van der Waals surface area contributed by atoms with Gasteiger partial charge in [-0.15, -0.1) is 11.6 Å². The van der Waals surface area contributed by atoms with Gasteiger partial charge in [-0.25, -0.2) is 9.59 Å². The molecule has 0 aromatic heterocycles. The standard InChI is InChI=1S/C18H20ClN2O6/c1-4-27-18(23)16-13(9-19)20-10(2)14(17(22)26-3)15(16)11-6-5-7-12(8-11)21(24)25/h5-8,15,20,24H,4,9H2,1-3H3/q-1/t15-/m1/s1. The van der Waals surface area contributed by atoms with Crippen LogP contribution in [0.1, 0.15) is 25.3 Å². The number of rotatable bonds is 6. The minimum atomic E-state index is -0.883. The highest BCUT2D eigenvalue weighted by atomic mass is 35.5.